The molecule has 19 heavy (non-hydrogen) atoms. The van der Waals surface area contributed by atoms with Crippen LogP contribution in [0.5, 0.6) is 0 Å². The molecule has 0 aromatic carbocycles. The summed E-state index contributed by atoms with van der Waals surface area (Å²) in [5.74, 6) is 0.737. The van der Waals surface area contributed by atoms with E-state index in [1.54, 1.807) is 12.4 Å². The number of nitrogens with zero attached hydrogens (tertiary/aromatic N) is 3. The van der Waals surface area contributed by atoms with Crippen LogP contribution in [-0.4, -0.2) is 34.0 Å². The molecule has 0 bridgehead atoms. The van der Waals surface area contributed by atoms with Crippen molar-refractivity contribution >= 4 is 17.3 Å². The molecular formula is C14H18N4S. The van der Waals surface area contributed by atoms with Gasteiger partial charge in [0, 0.05) is 47.8 Å². The average Bonchev–Trinajstić information content (AvgIpc) is 3.01. The molecule has 0 amide bonds. The third-order valence-corrected chi connectivity index (χ3v) is 4.33. The van der Waals surface area contributed by atoms with Gasteiger partial charge < -0.3 is 5.32 Å². The zero-order valence-electron chi connectivity index (χ0n) is 11.0. The van der Waals surface area contributed by atoms with E-state index in [9.17, 15) is 0 Å². The number of anilines is 1. The standard InChI is InChI=1S/C14H18N4S/c1-11-3-4-13(19-11)10-18-8-5-12(9-18)17-14-15-6-2-7-16-14/h2-4,6-7,12H,5,8-10H2,1H3,(H,15,16,17). The molecule has 3 rings (SSSR count). The summed E-state index contributed by atoms with van der Waals surface area (Å²) in [5, 5.41) is 3.40. The summed E-state index contributed by atoms with van der Waals surface area (Å²) in [5.41, 5.74) is 0. The van der Waals surface area contributed by atoms with E-state index in [0.717, 1.165) is 32.0 Å². The van der Waals surface area contributed by atoms with Gasteiger partial charge in [-0.1, -0.05) is 0 Å². The Labute approximate surface area is 117 Å². The zero-order valence-corrected chi connectivity index (χ0v) is 11.9. The highest BCUT2D eigenvalue weighted by Gasteiger charge is 2.23. The van der Waals surface area contributed by atoms with E-state index in [2.05, 4.69) is 39.2 Å². The Balaban J connectivity index is 1.53. The van der Waals surface area contributed by atoms with E-state index in [1.165, 1.54) is 9.75 Å². The van der Waals surface area contributed by atoms with Crippen molar-refractivity contribution in [3.8, 4) is 0 Å². The number of aromatic nitrogens is 2. The molecule has 1 atom stereocenters. The SMILES string of the molecule is Cc1ccc(CN2CCC(Nc3ncccn3)C2)s1. The second-order valence-corrected chi connectivity index (χ2v) is 6.32. The lowest BCUT2D eigenvalue weighted by atomic mass is 10.3. The van der Waals surface area contributed by atoms with E-state index in [4.69, 9.17) is 0 Å². The van der Waals surface area contributed by atoms with E-state index in [-0.39, 0.29) is 0 Å². The number of thiophene rings is 1. The molecule has 0 saturated carbocycles. The molecule has 2 aromatic heterocycles. The Kier molecular flexibility index (Phi) is 3.75. The maximum atomic E-state index is 4.22. The molecule has 1 fully saturated rings. The van der Waals surface area contributed by atoms with Crippen molar-refractivity contribution in [2.45, 2.75) is 25.9 Å². The first kappa shape index (κ1) is 12.6. The van der Waals surface area contributed by atoms with Gasteiger partial charge in [-0.25, -0.2) is 9.97 Å². The quantitative estimate of drug-likeness (QED) is 0.930. The highest BCUT2D eigenvalue weighted by Crippen LogP contribution is 2.20. The number of nitrogens with one attached hydrogen (secondary N) is 1. The summed E-state index contributed by atoms with van der Waals surface area (Å²) in [6.07, 6.45) is 4.70. The Hall–Kier alpha value is -1.46. The largest absolute Gasteiger partial charge is 0.350 e. The first-order chi connectivity index (χ1) is 9.29. The molecule has 1 unspecified atom stereocenters. The van der Waals surface area contributed by atoms with Gasteiger partial charge >= 0.3 is 0 Å². The van der Waals surface area contributed by atoms with Gasteiger partial charge in [-0.15, -0.1) is 11.3 Å². The Morgan fingerprint density at radius 2 is 2.21 bits per heavy atom. The minimum absolute atomic E-state index is 0.462. The molecule has 1 saturated heterocycles. The van der Waals surface area contributed by atoms with Crippen molar-refractivity contribution in [1.82, 2.24) is 14.9 Å². The highest BCUT2D eigenvalue weighted by atomic mass is 32.1. The Morgan fingerprint density at radius 3 is 2.95 bits per heavy atom. The van der Waals surface area contributed by atoms with Crippen molar-refractivity contribution in [2.75, 3.05) is 18.4 Å². The topological polar surface area (TPSA) is 41.0 Å². The summed E-state index contributed by atoms with van der Waals surface area (Å²) < 4.78 is 0. The van der Waals surface area contributed by atoms with Gasteiger partial charge in [0.25, 0.3) is 0 Å². The number of likely N-dealkylation sites (tertiary alicyclic amines) is 1. The minimum Gasteiger partial charge on any atom is -0.350 e. The first-order valence-corrected chi connectivity index (χ1v) is 7.42. The van der Waals surface area contributed by atoms with Crippen LogP contribution >= 0.6 is 11.3 Å². The van der Waals surface area contributed by atoms with Gasteiger partial charge in [0.1, 0.15) is 0 Å². The summed E-state index contributed by atoms with van der Waals surface area (Å²) in [6.45, 7) is 5.43. The van der Waals surface area contributed by atoms with Gasteiger partial charge in [-0.05, 0) is 31.5 Å². The number of aryl methyl sites for hydroxylation is 1. The van der Waals surface area contributed by atoms with E-state index < -0.39 is 0 Å². The first-order valence-electron chi connectivity index (χ1n) is 6.61. The van der Waals surface area contributed by atoms with Gasteiger partial charge in [-0.3, -0.25) is 4.90 Å². The third-order valence-electron chi connectivity index (χ3n) is 3.35. The number of hydrogen-bond donors (Lipinski definition) is 1. The summed E-state index contributed by atoms with van der Waals surface area (Å²) in [4.78, 5) is 13.8. The second kappa shape index (κ2) is 5.67. The maximum absolute atomic E-state index is 4.22. The second-order valence-electron chi connectivity index (χ2n) is 4.95. The van der Waals surface area contributed by atoms with Crippen LogP contribution in [0.4, 0.5) is 5.95 Å². The summed E-state index contributed by atoms with van der Waals surface area (Å²) in [6, 6.07) is 6.74. The molecule has 100 valence electrons. The molecular weight excluding hydrogens is 256 g/mol. The van der Waals surface area contributed by atoms with E-state index in [1.807, 2.05) is 17.4 Å². The summed E-state index contributed by atoms with van der Waals surface area (Å²) in [7, 11) is 0. The van der Waals surface area contributed by atoms with Crippen molar-refractivity contribution in [3.05, 3.63) is 40.3 Å². The zero-order chi connectivity index (χ0) is 13.1. The lowest BCUT2D eigenvalue weighted by Gasteiger charge is -2.15. The molecule has 2 aromatic rings. The van der Waals surface area contributed by atoms with Crippen molar-refractivity contribution in [3.63, 3.8) is 0 Å². The van der Waals surface area contributed by atoms with Gasteiger partial charge in [0.15, 0.2) is 0 Å². The lowest BCUT2D eigenvalue weighted by molar-refractivity contribution is 0.331. The average molecular weight is 274 g/mol. The fourth-order valence-electron chi connectivity index (χ4n) is 2.44. The molecule has 1 aliphatic heterocycles. The Morgan fingerprint density at radius 1 is 1.37 bits per heavy atom. The molecule has 4 nitrogen and oxygen atoms in total. The molecule has 5 heteroatoms. The summed E-state index contributed by atoms with van der Waals surface area (Å²) >= 11 is 1.89. The molecule has 0 spiro atoms. The van der Waals surface area contributed by atoms with Crippen LogP contribution in [0.15, 0.2) is 30.6 Å². The third kappa shape index (κ3) is 3.30. The number of rotatable bonds is 4. The molecule has 1 N–H and O–H groups in total. The van der Waals surface area contributed by atoms with Gasteiger partial charge in [-0.2, -0.15) is 0 Å². The lowest BCUT2D eigenvalue weighted by Crippen LogP contribution is -2.26. The number of hydrogen-bond acceptors (Lipinski definition) is 5. The fourth-order valence-corrected chi connectivity index (χ4v) is 3.37. The van der Waals surface area contributed by atoms with Crippen LogP contribution in [0, 0.1) is 6.92 Å². The van der Waals surface area contributed by atoms with E-state index >= 15 is 0 Å². The van der Waals surface area contributed by atoms with Crippen LogP contribution in [0.25, 0.3) is 0 Å². The maximum Gasteiger partial charge on any atom is 0.222 e. The predicted octanol–water partition coefficient (Wildman–Crippen LogP) is 2.53. The normalized spacial score (nSPS) is 19.7. The van der Waals surface area contributed by atoms with Gasteiger partial charge in [0.05, 0.1) is 0 Å². The van der Waals surface area contributed by atoms with Crippen molar-refractivity contribution < 1.29 is 0 Å². The van der Waals surface area contributed by atoms with Crippen molar-refractivity contribution in [2.24, 2.45) is 0 Å². The molecule has 1 aliphatic rings. The van der Waals surface area contributed by atoms with E-state index in [0.29, 0.717) is 6.04 Å². The predicted molar refractivity (Wildman–Crippen MR) is 78.4 cm³/mol. The fraction of sp³-hybridized carbons (Fsp3) is 0.429. The highest BCUT2D eigenvalue weighted by molar-refractivity contribution is 7.11. The Bertz CT molecular complexity index is 525. The molecule has 3 heterocycles. The van der Waals surface area contributed by atoms with Crippen LogP contribution in [0.1, 0.15) is 16.2 Å². The van der Waals surface area contributed by atoms with Crippen LogP contribution in [0.2, 0.25) is 0 Å². The van der Waals surface area contributed by atoms with Crippen LogP contribution < -0.4 is 5.32 Å². The molecule has 0 aliphatic carbocycles. The van der Waals surface area contributed by atoms with Crippen LogP contribution in [0.3, 0.4) is 0 Å². The van der Waals surface area contributed by atoms with Crippen molar-refractivity contribution in [1.29, 1.82) is 0 Å². The minimum atomic E-state index is 0.462. The molecule has 0 radical (unpaired) electrons. The smallest absolute Gasteiger partial charge is 0.222 e. The monoisotopic (exact) mass is 274 g/mol. The van der Waals surface area contributed by atoms with Gasteiger partial charge in [0.2, 0.25) is 5.95 Å². The van der Waals surface area contributed by atoms with Crippen LogP contribution in [-0.2, 0) is 6.54 Å².